The zero-order valence-corrected chi connectivity index (χ0v) is 22.5. The summed E-state index contributed by atoms with van der Waals surface area (Å²) in [6.45, 7) is 1.08. The first-order valence-electron chi connectivity index (χ1n) is 13.0. The van der Waals surface area contributed by atoms with Crippen LogP contribution in [0.5, 0.6) is 0 Å². The van der Waals surface area contributed by atoms with E-state index < -0.39 is 54.2 Å². The van der Waals surface area contributed by atoms with Crippen molar-refractivity contribution >= 4 is 23.7 Å². The predicted octanol–water partition coefficient (Wildman–Crippen LogP) is 3.42. The number of carbonyl (C=O) groups excluding carboxylic acids is 3. The zero-order valence-electron chi connectivity index (χ0n) is 22.5. The first-order valence-corrected chi connectivity index (χ1v) is 13.0. The molecule has 3 aromatic carbocycles. The average Bonchev–Trinajstić information content (AvgIpc) is 3.27. The van der Waals surface area contributed by atoms with Gasteiger partial charge in [0.15, 0.2) is 17.9 Å². The highest BCUT2D eigenvalue weighted by Crippen LogP contribution is 2.43. The van der Waals surface area contributed by atoms with E-state index in [-0.39, 0.29) is 16.9 Å². The van der Waals surface area contributed by atoms with E-state index in [2.05, 4.69) is 4.98 Å². The van der Waals surface area contributed by atoms with Crippen molar-refractivity contribution in [3.05, 3.63) is 130 Å². The molecule has 0 spiro atoms. The molecule has 5 rings (SSSR count). The van der Waals surface area contributed by atoms with Crippen molar-refractivity contribution < 1.29 is 33.3 Å². The van der Waals surface area contributed by atoms with Gasteiger partial charge in [-0.1, -0.05) is 54.6 Å². The van der Waals surface area contributed by atoms with Crippen molar-refractivity contribution in [1.29, 1.82) is 0 Å². The van der Waals surface area contributed by atoms with Crippen molar-refractivity contribution in [3.63, 3.8) is 0 Å². The first-order chi connectivity index (χ1) is 20.3. The van der Waals surface area contributed by atoms with Crippen molar-refractivity contribution in [2.24, 2.45) is 0 Å². The quantitative estimate of drug-likeness (QED) is 0.247. The normalized spacial score (nSPS) is 21.3. The van der Waals surface area contributed by atoms with Gasteiger partial charge in [0, 0.05) is 6.20 Å². The molecule has 1 aromatic heterocycles. The Bertz CT molecular complexity index is 1630. The highest BCUT2D eigenvalue weighted by atomic mass is 16.7. The smallest absolute Gasteiger partial charge is 0.351 e. The molecule has 0 saturated carbocycles. The molecule has 1 saturated heterocycles. The monoisotopic (exact) mass is 569 g/mol. The van der Waals surface area contributed by atoms with Crippen LogP contribution in [-0.4, -0.2) is 51.9 Å². The number of nitrogens with two attached hydrogens (primary N) is 1. The van der Waals surface area contributed by atoms with E-state index in [0.717, 1.165) is 4.57 Å². The van der Waals surface area contributed by atoms with Crippen molar-refractivity contribution in [1.82, 2.24) is 9.55 Å². The molecule has 4 atom stereocenters. The summed E-state index contributed by atoms with van der Waals surface area (Å²) in [4.78, 5) is 56.1. The fraction of sp³-hybridized carbons (Fsp3) is 0.194. The molecule has 4 aromatic rings. The molecule has 0 radical (unpaired) electrons. The Morgan fingerprint density at radius 2 is 1.36 bits per heavy atom. The number of benzene rings is 3. The van der Waals surface area contributed by atoms with Gasteiger partial charge in [0.05, 0.1) is 16.7 Å². The molecule has 0 bridgehead atoms. The minimum absolute atomic E-state index is 0.0300. The van der Waals surface area contributed by atoms with Gasteiger partial charge >= 0.3 is 23.6 Å². The standard InChI is InChI=1S/C31H27N3O8/c1-31(42-28(37)22-15-9-4-10-16-22)25(41-27(36)21-13-7-3-8-14-21)23(19-39-26(35)20-11-5-2-6-12-20)40-29(31)34-18-17-24(32)33-30(34)38/h2-18,23,25,29H,19H2,1H3,(H2,32,33,38)/t23-,25+,29-,31?/m1/s1. The third-order valence-electron chi connectivity index (χ3n) is 6.75. The maximum absolute atomic E-state index is 13.4. The van der Waals surface area contributed by atoms with Gasteiger partial charge < -0.3 is 24.7 Å². The zero-order chi connectivity index (χ0) is 29.7. The molecule has 1 fully saturated rings. The van der Waals surface area contributed by atoms with Gasteiger partial charge in [-0.2, -0.15) is 4.98 Å². The molecule has 214 valence electrons. The second kappa shape index (κ2) is 12.1. The van der Waals surface area contributed by atoms with E-state index in [1.165, 1.54) is 19.2 Å². The molecule has 11 heteroatoms. The second-order valence-electron chi connectivity index (χ2n) is 9.66. The third kappa shape index (κ3) is 5.91. The van der Waals surface area contributed by atoms with Gasteiger partial charge in [-0.25, -0.2) is 19.2 Å². The molecule has 11 nitrogen and oxygen atoms in total. The number of anilines is 1. The van der Waals surface area contributed by atoms with Crippen LogP contribution in [0.4, 0.5) is 5.82 Å². The van der Waals surface area contributed by atoms with Crippen LogP contribution in [-0.2, 0) is 18.9 Å². The minimum atomic E-state index is -1.80. The van der Waals surface area contributed by atoms with Crippen LogP contribution in [0.3, 0.4) is 0 Å². The van der Waals surface area contributed by atoms with Crippen molar-refractivity contribution in [2.75, 3.05) is 12.3 Å². The first kappa shape index (κ1) is 28.2. The Kier molecular flexibility index (Phi) is 8.12. The fourth-order valence-electron chi connectivity index (χ4n) is 4.66. The number of nitrogen functional groups attached to an aromatic ring is 1. The molecule has 1 unspecified atom stereocenters. The third-order valence-corrected chi connectivity index (χ3v) is 6.75. The minimum Gasteiger partial charge on any atom is -0.459 e. The van der Waals surface area contributed by atoms with Crippen molar-refractivity contribution in [2.45, 2.75) is 31.0 Å². The Morgan fingerprint density at radius 3 is 1.90 bits per heavy atom. The Labute approximate surface area is 240 Å². The summed E-state index contributed by atoms with van der Waals surface area (Å²) in [6, 6.07) is 26.0. The molecule has 2 N–H and O–H groups in total. The van der Waals surface area contributed by atoms with E-state index in [4.69, 9.17) is 24.7 Å². The molecule has 0 amide bonds. The van der Waals surface area contributed by atoms with Gasteiger partial charge in [0.1, 0.15) is 18.5 Å². The van der Waals surface area contributed by atoms with E-state index in [1.54, 1.807) is 91.0 Å². The largest absolute Gasteiger partial charge is 0.459 e. The molecule has 2 heterocycles. The van der Waals surface area contributed by atoms with Gasteiger partial charge in [0.2, 0.25) is 0 Å². The van der Waals surface area contributed by atoms with Gasteiger partial charge in [0.25, 0.3) is 0 Å². The number of carbonyl (C=O) groups is 3. The lowest BCUT2D eigenvalue weighted by Gasteiger charge is -2.34. The molecular formula is C31H27N3O8. The van der Waals surface area contributed by atoms with Crippen LogP contribution in [0.15, 0.2) is 108 Å². The van der Waals surface area contributed by atoms with Crippen LogP contribution in [0.1, 0.15) is 44.2 Å². The summed E-state index contributed by atoms with van der Waals surface area (Å²) in [5.41, 5.74) is 3.83. The maximum Gasteiger partial charge on any atom is 0.351 e. The second-order valence-corrected chi connectivity index (χ2v) is 9.66. The molecule has 42 heavy (non-hydrogen) atoms. The Morgan fingerprint density at radius 1 is 0.833 bits per heavy atom. The van der Waals surface area contributed by atoms with E-state index in [0.29, 0.717) is 5.56 Å². The maximum atomic E-state index is 13.4. The number of aromatic nitrogens is 2. The summed E-state index contributed by atoms with van der Waals surface area (Å²) >= 11 is 0. The van der Waals surface area contributed by atoms with Crippen LogP contribution < -0.4 is 11.4 Å². The van der Waals surface area contributed by atoms with Gasteiger partial charge in [-0.3, -0.25) is 4.57 Å². The van der Waals surface area contributed by atoms with Gasteiger partial charge in [-0.15, -0.1) is 0 Å². The Hall–Kier alpha value is -5.29. The van der Waals surface area contributed by atoms with Crippen LogP contribution in [0.25, 0.3) is 0 Å². The number of hydrogen-bond acceptors (Lipinski definition) is 10. The lowest BCUT2D eigenvalue weighted by molar-refractivity contribution is -0.111. The van der Waals surface area contributed by atoms with E-state index in [9.17, 15) is 19.2 Å². The summed E-state index contributed by atoms with van der Waals surface area (Å²) in [5.74, 6) is -2.18. The number of nitrogens with zero attached hydrogens (tertiary/aromatic N) is 2. The van der Waals surface area contributed by atoms with E-state index >= 15 is 0 Å². The highest BCUT2D eigenvalue weighted by Gasteiger charge is 2.60. The fourth-order valence-corrected chi connectivity index (χ4v) is 4.66. The van der Waals surface area contributed by atoms with Crippen LogP contribution in [0, 0.1) is 0 Å². The molecule has 1 aliphatic heterocycles. The molecule has 1 aliphatic rings. The van der Waals surface area contributed by atoms with Gasteiger partial charge in [-0.05, 0) is 49.4 Å². The number of hydrogen-bond donors (Lipinski definition) is 1. The lowest BCUT2D eigenvalue weighted by atomic mass is 9.95. The summed E-state index contributed by atoms with van der Waals surface area (Å²) in [7, 11) is 0. The summed E-state index contributed by atoms with van der Waals surface area (Å²) in [5, 5.41) is 0. The topological polar surface area (TPSA) is 149 Å². The number of rotatable bonds is 8. The Balaban J connectivity index is 1.54. The highest BCUT2D eigenvalue weighted by molar-refractivity contribution is 5.91. The SMILES string of the molecule is CC1(OC(=O)c2ccccc2)[C@@H](OC(=O)c2ccccc2)[C@@H](COC(=O)c2ccccc2)O[C@H]1n1ccc(N)nc1=O. The molecular weight excluding hydrogens is 542 g/mol. The predicted molar refractivity (Wildman–Crippen MR) is 149 cm³/mol. The number of ether oxygens (including phenoxy) is 4. The summed E-state index contributed by atoms with van der Waals surface area (Å²) in [6.07, 6.45) is -2.51. The number of esters is 3. The van der Waals surface area contributed by atoms with Crippen molar-refractivity contribution in [3.8, 4) is 0 Å². The van der Waals surface area contributed by atoms with Crippen LogP contribution in [0.2, 0.25) is 0 Å². The summed E-state index contributed by atoms with van der Waals surface area (Å²) < 4.78 is 24.7. The lowest BCUT2D eigenvalue weighted by Crippen LogP contribution is -2.51. The van der Waals surface area contributed by atoms with E-state index in [1.807, 2.05) is 0 Å². The molecule has 0 aliphatic carbocycles. The van der Waals surface area contributed by atoms with Crippen LogP contribution >= 0.6 is 0 Å². The average molecular weight is 570 g/mol.